The van der Waals surface area contributed by atoms with Gasteiger partial charge in [0.25, 0.3) is 0 Å². The van der Waals surface area contributed by atoms with Crippen molar-refractivity contribution in [3.63, 3.8) is 0 Å². The fourth-order valence-corrected chi connectivity index (χ4v) is 1.07. The number of carbonyl (C=O) groups excluding carboxylic acids is 1. The molecule has 14 heavy (non-hydrogen) atoms. The second kappa shape index (κ2) is 3.61. The minimum atomic E-state index is 0.0319. The number of carbonyl (C=O) groups is 1. The zero-order valence-electron chi connectivity index (χ0n) is 7.86. The normalized spacial score (nSPS) is 14.9. The van der Waals surface area contributed by atoms with E-state index < -0.39 is 0 Å². The van der Waals surface area contributed by atoms with Gasteiger partial charge in [-0.1, -0.05) is 0 Å². The minimum absolute atomic E-state index is 0.0319. The Morgan fingerprint density at radius 1 is 1.50 bits per heavy atom. The maximum absolute atomic E-state index is 11.3. The summed E-state index contributed by atoms with van der Waals surface area (Å²) in [7, 11) is 1.52. The van der Waals surface area contributed by atoms with E-state index in [0.717, 1.165) is 12.8 Å². The lowest BCUT2D eigenvalue weighted by Crippen LogP contribution is -2.14. The van der Waals surface area contributed by atoms with Gasteiger partial charge in [0.2, 0.25) is 11.8 Å². The number of ether oxygens (including phenoxy) is 1. The van der Waals surface area contributed by atoms with E-state index in [-0.39, 0.29) is 11.8 Å². The lowest BCUT2D eigenvalue weighted by Gasteiger charge is -2.02. The SMILES string of the molecule is COc1ccc(NC(=O)C2CC2)nn1. The van der Waals surface area contributed by atoms with E-state index in [1.165, 1.54) is 7.11 Å². The molecule has 1 aliphatic carbocycles. The van der Waals surface area contributed by atoms with Gasteiger partial charge in [-0.2, -0.15) is 0 Å². The van der Waals surface area contributed by atoms with Crippen LogP contribution in [0.2, 0.25) is 0 Å². The number of nitrogens with zero attached hydrogens (tertiary/aromatic N) is 2. The Kier molecular flexibility index (Phi) is 2.30. The number of amides is 1. The first-order valence-corrected chi connectivity index (χ1v) is 4.48. The zero-order valence-corrected chi connectivity index (χ0v) is 7.86. The van der Waals surface area contributed by atoms with E-state index >= 15 is 0 Å². The van der Waals surface area contributed by atoms with Crippen LogP contribution in [-0.4, -0.2) is 23.2 Å². The van der Waals surface area contributed by atoms with Crippen molar-refractivity contribution < 1.29 is 9.53 Å². The third kappa shape index (κ3) is 1.99. The molecular weight excluding hydrogens is 182 g/mol. The van der Waals surface area contributed by atoms with Gasteiger partial charge in [0.15, 0.2) is 5.82 Å². The van der Waals surface area contributed by atoms with Crippen LogP contribution in [0.1, 0.15) is 12.8 Å². The van der Waals surface area contributed by atoms with Gasteiger partial charge >= 0.3 is 0 Å². The smallest absolute Gasteiger partial charge is 0.233 e. The van der Waals surface area contributed by atoms with Crippen LogP contribution in [0.15, 0.2) is 12.1 Å². The average molecular weight is 193 g/mol. The molecule has 0 saturated heterocycles. The molecule has 0 unspecified atom stereocenters. The molecule has 5 heteroatoms. The maximum Gasteiger partial charge on any atom is 0.233 e. The molecule has 1 fully saturated rings. The summed E-state index contributed by atoms with van der Waals surface area (Å²) in [6, 6.07) is 3.33. The molecule has 1 aliphatic rings. The van der Waals surface area contributed by atoms with Crippen LogP contribution in [0.4, 0.5) is 5.82 Å². The Hall–Kier alpha value is -1.65. The standard InChI is InChI=1S/C9H11N3O2/c1-14-8-5-4-7(11-12-8)10-9(13)6-2-3-6/h4-6H,2-3H2,1H3,(H,10,11,13). The third-order valence-electron chi connectivity index (χ3n) is 2.05. The second-order valence-corrected chi connectivity index (χ2v) is 3.22. The van der Waals surface area contributed by atoms with Crippen molar-refractivity contribution in [2.75, 3.05) is 12.4 Å². The third-order valence-corrected chi connectivity index (χ3v) is 2.05. The van der Waals surface area contributed by atoms with Gasteiger partial charge in [-0.3, -0.25) is 4.79 Å². The molecule has 5 nitrogen and oxygen atoms in total. The van der Waals surface area contributed by atoms with Crippen LogP contribution in [0.25, 0.3) is 0 Å². The van der Waals surface area contributed by atoms with Crippen molar-refractivity contribution in [3.05, 3.63) is 12.1 Å². The molecule has 0 aromatic carbocycles. The molecule has 1 aromatic rings. The Morgan fingerprint density at radius 2 is 2.29 bits per heavy atom. The molecule has 1 N–H and O–H groups in total. The van der Waals surface area contributed by atoms with Crippen molar-refractivity contribution in [3.8, 4) is 5.88 Å². The molecule has 1 aromatic heterocycles. The van der Waals surface area contributed by atoms with Gasteiger partial charge in [0.05, 0.1) is 7.11 Å². The highest BCUT2D eigenvalue weighted by Gasteiger charge is 2.29. The summed E-state index contributed by atoms with van der Waals surface area (Å²) in [4.78, 5) is 11.3. The summed E-state index contributed by atoms with van der Waals surface area (Å²) in [5.74, 6) is 1.13. The highest BCUT2D eigenvalue weighted by molar-refractivity contribution is 5.93. The highest BCUT2D eigenvalue weighted by atomic mass is 16.5. The largest absolute Gasteiger partial charge is 0.480 e. The number of hydrogen-bond acceptors (Lipinski definition) is 4. The summed E-state index contributed by atoms with van der Waals surface area (Å²) in [5, 5.41) is 10.2. The van der Waals surface area contributed by atoms with Gasteiger partial charge in [-0.15, -0.1) is 10.2 Å². The van der Waals surface area contributed by atoms with Crippen molar-refractivity contribution in [2.24, 2.45) is 5.92 Å². The van der Waals surface area contributed by atoms with Crippen LogP contribution >= 0.6 is 0 Å². The number of nitrogens with one attached hydrogen (secondary N) is 1. The first kappa shape index (κ1) is 8.93. The van der Waals surface area contributed by atoms with Crippen molar-refractivity contribution >= 4 is 11.7 Å². The average Bonchev–Trinajstić information content (AvgIpc) is 3.02. The molecule has 0 spiro atoms. The Balaban J connectivity index is 1.98. The lowest BCUT2D eigenvalue weighted by atomic mass is 10.4. The minimum Gasteiger partial charge on any atom is -0.480 e. The highest BCUT2D eigenvalue weighted by Crippen LogP contribution is 2.29. The number of aromatic nitrogens is 2. The van der Waals surface area contributed by atoms with E-state index in [2.05, 4.69) is 15.5 Å². The van der Waals surface area contributed by atoms with Gasteiger partial charge in [-0.25, -0.2) is 0 Å². The fraction of sp³-hybridized carbons (Fsp3) is 0.444. The van der Waals surface area contributed by atoms with Gasteiger partial charge in [0, 0.05) is 12.0 Å². The quantitative estimate of drug-likeness (QED) is 0.772. The van der Waals surface area contributed by atoms with Gasteiger partial charge in [-0.05, 0) is 18.9 Å². The molecule has 2 rings (SSSR count). The predicted molar refractivity (Wildman–Crippen MR) is 49.9 cm³/mol. The molecule has 1 heterocycles. The second-order valence-electron chi connectivity index (χ2n) is 3.22. The lowest BCUT2D eigenvalue weighted by molar-refractivity contribution is -0.117. The Labute approximate surface area is 81.5 Å². The summed E-state index contributed by atoms with van der Waals surface area (Å²) >= 11 is 0. The van der Waals surface area contributed by atoms with Gasteiger partial charge in [0.1, 0.15) is 0 Å². The number of methoxy groups -OCH3 is 1. The first-order chi connectivity index (χ1) is 6.79. The number of rotatable bonds is 3. The van der Waals surface area contributed by atoms with E-state index in [1.807, 2.05) is 0 Å². The Bertz CT molecular complexity index is 332. The molecule has 1 amide bonds. The molecule has 0 radical (unpaired) electrons. The van der Waals surface area contributed by atoms with Crippen LogP contribution in [0.5, 0.6) is 5.88 Å². The number of hydrogen-bond donors (Lipinski definition) is 1. The molecule has 1 saturated carbocycles. The summed E-state index contributed by atoms with van der Waals surface area (Å²) in [5.41, 5.74) is 0. The van der Waals surface area contributed by atoms with Crippen LogP contribution in [0.3, 0.4) is 0 Å². The van der Waals surface area contributed by atoms with Crippen molar-refractivity contribution in [1.82, 2.24) is 10.2 Å². The molecular formula is C9H11N3O2. The summed E-state index contributed by atoms with van der Waals surface area (Å²) in [6.07, 6.45) is 1.96. The molecule has 0 atom stereocenters. The van der Waals surface area contributed by atoms with Crippen LogP contribution in [0, 0.1) is 5.92 Å². The first-order valence-electron chi connectivity index (χ1n) is 4.48. The summed E-state index contributed by atoms with van der Waals surface area (Å²) < 4.78 is 4.85. The zero-order chi connectivity index (χ0) is 9.97. The van der Waals surface area contributed by atoms with E-state index in [4.69, 9.17) is 4.74 Å². The topological polar surface area (TPSA) is 64.1 Å². The van der Waals surface area contributed by atoms with Crippen LogP contribution < -0.4 is 10.1 Å². The molecule has 0 aliphatic heterocycles. The number of anilines is 1. The van der Waals surface area contributed by atoms with Crippen molar-refractivity contribution in [2.45, 2.75) is 12.8 Å². The van der Waals surface area contributed by atoms with Gasteiger partial charge < -0.3 is 10.1 Å². The maximum atomic E-state index is 11.3. The fourth-order valence-electron chi connectivity index (χ4n) is 1.07. The molecule has 74 valence electrons. The monoisotopic (exact) mass is 193 g/mol. The van der Waals surface area contributed by atoms with Crippen LogP contribution in [-0.2, 0) is 4.79 Å². The van der Waals surface area contributed by atoms with E-state index in [9.17, 15) is 4.79 Å². The molecule has 0 bridgehead atoms. The summed E-state index contributed by atoms with van der Waals surface area (Å²) in [6.45, 7) is 0. The van der Waals surface area contributed by atoms with Crippen molar-refractivity contribution in [1.29, 1.82) is 0 Å². The predicted octanol–water partition coefficient (Wildman–Crippen LogP) is 0.834. The van der Waals surface area contributed by atoms with E-state index in [1.54, 1.807) is 12.1 Å². The van der Waals surface area contributed by atoms with E-state index in [0.29, 0.717) is 11.7 Å². The Morgan fingerprint density at radius 3 is 2.79 bits per heavy atom.